The molecule has 1 aromatic heterocycles. The highest BCUT2D eigenvalue weighted by molar-refractivity contribution is 6.00. The summed E-state index contributed by atoms with van der Waals surface area (Å²) < 4.78 is 5.22. The van der Waals surface area contributed by atoms with E-state index in [-0.39, 0.29) is 24.4 Å². The minimum Gasteiger partial charge on any atom is -0.467 e. The van der Waals surface area contributed by atoms with Gasteiger partial charge in [-0.3, -0.25) is 9.59 Å². The standard InChI is InChI=1S/C22H23N3O3/c1-16(17-8-3-2-4-9-17)25-21(26)15-23-20-12-6-5-11-19(20)22(27)24-14-18-10-7-13-28-18/h2-13,16,23H,14-15H2,1H3,(H,24,27)(H,25,26)/t16-/m0/s1. The molecule has 2 amide bonds. The van der Waals surface area contributed by atoms with E-state index in [0.717, 1.165) is 5.56 Å². The van der Waals surface area contributed by atoms with Gasteiger partial charge < -0.3 is 20.4 Å². The first-order valence-electron chi connectivity index (χ1n) is 9.11. The second-order valence-electron chi connectivity index (χ2n) is 6.36. The van der Waals surface area contributed by atoms with Crippen molar-refractivity contribution >= 4 is 17.5 Å². The molecule has 0 aliphatic heterocycles. The Bertz CT molecular complexity index is 908. The highest BCUT2D eigenvalue weighted by Gasteiger charge is 2.13. The zero-order valence-corrected chi connectivity index (χ0v) is 15.6. The van der Waals surface area contributed by atoms with E-state index in [4.69, 9.17) is 4.42 Å². The number of benzene rings is 2. The summed E-state index contributed by atoms with van der Waals surface area (Å²) in [6, 6.07) is 20.3. The number of amides is 2. The number of para-hydroxylation sites is 1. The van der Waals surface area contributed by atoms with Gasteiger partial charge >= 0.3 is 0 Å². The molecule has 0 bridgehead atoms. The average molecular weight is 377 g/mol. The van der Waals surface area contributed by atoms with Gasteiger partial charge in [0.15, 0.2) is 0 Å². The predicted molar refractivity (Wildman–Crippen MR) is 108 cm³/mol. The molecule has 3 rings (SSSR count). The number of anilines is 1. The largest absolute Gasteiger partial charge is 0.467 e. The molecule has 0 fully saturated rings. The van der Waals surface area contributed by atoms with Gasteiger partial charge in [-0.2, -0.15) is 0 Å². The summed E-state index contributed by atoms with van der Waals surface area (Å²) in [7, 11) is 0. The second-order valence-corrected chi connectivity index (χ2v) is 6.36. The van der Waals surface area contributed by atoms with Crippen molar-refractivity contribution in [1.29, 1.82) is 0 Å². The predicted octanol–water partition coefficient (Wildman–Crippen LogP) is 3.50. The lowest BCUT2D eigenvalue weighted by Gasteiger charge is -2.16. The van der Waals surface area contributed by atoms with Crippen molar-refractivity contribution in [3.63, 3.8) is 0 Å². The molecular weight excluding hydrogens is 354 g/mol. The van der Waals surface area contributed by atoms with E-state index in [2.05, 4.69) is 16.0 Å². The molecule has 6 heteroatoms. The molecule has 0 unspecified atom stereocenters. The minimum atomic E-state index is -0.238. The molecule has 0 aliphatic rings. The first-order chi connectivity index (χ1) is 13.6. The number of nitrogens with one attached hydrogen (secondary N) is 3. The molecule has 0 saturated carbocycles. The lowest BCUT2D eigenvalue weighted by atomic mass is 10.1. The Morgan fingerprint density at radius 3 is 2.46 bits per heavy atom. The fourth-order valence-corrected chi connectivity index (χ4v) is 2.80. The van der Waals surface area contributed by atoms with Gasteiger partial charge in [-0.1, -0.05) is 42.5 Å². The van der Waals surface area contributed by atoms with Gasteiger partial charge in [-0.15, -0.1) is 0 Å². The maximum Gasteiger partial charge on any atom is 0.253 e. The number of carbonyl (C=O) groups excluding carboxylic acids is 2. The Morgan fingerprint density at radius 1 is 0.964 bits per heavy atom. The molecule has 2 aromatic carbocycles. The number of hydrogen-bond acceptors (Lipinski definition) is 4. The summed E-state index contributed by atoms with van der Waals surface area (Å²) in [6.45, 7) is 2.30. The Hall–Kier alpha value is -3.54. The van der Waals surface area contributed by atoms with Crippen LogP contribution in [0, 0.1) is 0 Å². The van der Waals surface area contributed by atoms with Crippen LogP contribution in [0.4, 0.5) is 5.69 Å². The molecular formula is C22H23N3O3. The SMILES string of the molecule is C[C@H](NC(=O)CNc1ccccc1C(=O)NCc1ccco1)c1ccccc1. The van der Waals surface area contributed by atoms with Crippen molar-refractivity contribution in [2.24, 2.45) is 0 Å². The molecule has 0 aliphatic carbocycles. The van der Waals surface area contributed by atoms with Crippen LogP contribution in [0.5, 0.6) is 0 Å². The third-order valence-corrected chi connectivity index (χ3v) is 4.29. The first kappa shape index (κ1) is 19.2. The van der Waals surface area contributed by atoms with E-state index in [1.807, 2.05) is 43.3 Å². The van der Waals surface area contributed by atoms with Crippen LogP contribution in [0.15, 0.2) is 77.4 Å². The molecule has 0 spiro atoms. The molecule has 1 heterocycles. The zero-order chi connectivity index (χ0) is 19.8. The van der Waals surface area contributed by atoms with Crippen LogP contribution < -0.4 is 16.0 Å². The topological polar surface area (TPSA) is 83.4 Å². The van der Waals surface area contributed by atoms with Crippen molar-refractivity contribution < 1.29 is 14.0 Å². The van der Waals surface area contributed by atoms with Gasteiger partial charge in [0.1, 0.15) is 5.76 Å². The van der Waals surface area contributed by atoms with Crippen LogP contribution in [0.2, 0.25) is 0 Å². The van der Waals surface area contributed by atoms with Crippen molar-refractivity contribution in [3.8, 4) is 0 Å². The fraction of sp³-hybridized carbons (Fsp3) is 0.182. The van der Waals surface area contributed by atoms with Crippen molar-refractivity contribution in [2.45, 2.75) is 19.5 Å². The number of furan rings is 1. The van der Waals surface area contributed by atoms with Crippen LogP contribution in [0.3, 0.4) is 0 Å². The summed E-state index contributed by atoms with van der Waals surface area (Å²) in [5.41, 5.74) is 2.11. The van der Waals surface area contributed by atoms with E-state index < -0.39 is 0 Å². The van der Waals surface area contributed by atoms with Crippen molar-refractivity contribution in [2.75, 3.05) is 11.9 Å². The van der Waals surface area contributed by atoms with E-state index in [9.17, 15) is 9.59 Å². The van der Waals surface area contributed by atoms with Gasteiger partial charge in [-0.05, 0) is 36.8 Å². The summed E-state index contributed by atoms with van der Waals surface area (Å²) in [5, 5.41) is 8.80. The third kappa shape index (κ3) is 5.23. The maximum atomic E-state index is 12.5. The normalized spacial score (nSPS) is 11.5. The Kier molecular flexibility index (Phi) is 6.46. The van der Waals surface area contributed by atoms with Gasteiger partial charge in [0, 0.05) is 5.69 Å². The monoisotopic (exact) mass is 377 g/mol. The molecule has 3 N–H and O–H groups in total. The van der Waals surface area contributed by atoms with E-state index in [1.165, 1.54) is 0 Å². The smallest absolute Gasteiger partial charge is 0.253 e. The molecule has 144 valence electrons. The van der Waals surface area contributed by atoms with Crippen LogP contribution >= 0.6 is 0 Å². The summed E-state index contributed by atoms with van der Waals surface area (Å²) >= 11 is 0. The average Bonchev–Trinajstić information content (AvgIpc) is 3.25. The Balaban J connectivity index is 1.55. The lowest BCUT2D eigenvalue weighted by Crippen LogP contribution is -2.32. The highest BCUT2D eigenvalue weighted by Crippen LogP contribution is 2.15. The van der Waals surface area contributed by atoms with Crippen LogP contribution in [-0.4, -0.2) is 18.4 Å². The maximum absolute atomic E-state index is 12.5. The molecule has 0 saturated heterocycles. The van der Waals surface area contributed by atoms with Crippen molar-refractivity contribution in [1.82, 2.24) is 10.6 Å². The molecule has 0 radical (unpaired) electrons. The fourth-order valence-electron chi connectivity index (χ4n) is 2.80. The van der Waals surface area contributed by atoms with Gasteiger partial charge in [0.2, 0.25) is 5.91 Å². The van der Waals surface area contributed by atoms with Gasteiger partial charge in [0.05, 0.1) is 31.0 Å². The number of rotatable bonds is 8. The molecule has 6 nitrogen and oxygen atoms in total. The highest BCUT2D eigenvalue weighted by atomic mass is 16.3. The number of carbonyl (C=O) groups is 2. The van der Waals surface area contributed by atoms with Crippen LogP contribution in [0.1, 0.15) is 34.6 Å². The zero-order valence-electron chi connectivity index (χ0n) is 15.6. The van der Waals surface area contributed by atoms with E-state index in [0.29, 0.717) is 23.6 Å². The quantitative estimate of drug-likeness (QED) is 0.561. The summed E-state index contributed by atoms with van der Waals surface area (Å²) in [4.78, 5) is 24.8. The lowest BCUT2D eigenvalue weighted by molar-refractivity contribution is -0.120. The molecule has 28 heavy (non-hydrogen) atoms. The second kappa shape index (κ2) is 9.41. The number of hydrogen-bond donors (Lipinski definition) is 3. The molecule has 1 atom stereocenters. The van der Waals surface area contributed by atoms with Crippen LogP contribution in [-0.2, 0) is 11.3 Å². The van der Waals surface area contributed by atoms with Gasteiger partial charge in [-0.25, -0.2) is 0 Å². The Morgan fingerprint density at radius 2 is 1.71 bits per heavy atom. The Labute approximate surface area is 164 Å². The molecule has 3 aromatic rings. The van der Waals surface area contributed by atoms with Crippen LogP contribution in [0.25, 0.3) is 0 Å². The van der Waals surface area contributed by atoms with E-state index in [1.54, 1.807) is 36.6 Å². The minimum absolute atomic E-state index is 0.0691. The van der Waals surface area contributed by atoms with Crippen molar-refractivity contribution in [3.05, 3.63) is 89.9 Å². The first-order valence-corrected chi connectivity index (χ1v) is 9.11. The van der Waals surface area contributed by atoms with Gasteiger partial charge in [0.25, 0.3) is 5.91 Å². The summed E-state index contributed by atoms with van der Waals surface area (Å²) in [6.07, 6.45) is 1.56. The van der Waals surface area contributed by atoms with E-state index >= 15 is 0 Å². The summed E-state index contributed by atoms with van der Waals surface area (Å²) in [5.74, 6) is 0.285. The third-order valence-electron chi connectivity index (χ3n) is 4.29.